The number of ether oxygens (including phenoxy) is 2. The van der Waals surface area contributed by atoms with E-state index in [4.69, 9.17) is 9.47 Å². The zero-order valence-corrected chi connectivity index (χ0v) is 12.6. The van der Waals surface area contributed by atoms with Crippen molar-refractivity contribution in [1.29, 1.82) is 0 Å². The van der Waals surface area contributed by atoms with Crippen LogP contribution in [0.1, 0.15) is 17.3 Å². The summed E-state index contributed by atoms with van der Waals surface area (Å²) < 4.78 is 10.5. The van der Waals surface area contributed by atoms with Crippen LogP contribution in [0.4, 0.5) is 11.4 Å². The molecule has 2 N–H and O–H groups in total. The highest BCUT2D eigenvalue weighted by Gasteiger charge is 2.14. The van der Waals surface area contributed by atoms with E-state index in [0.29, 0.717) is 22.7 Å². The zero-order valence-electron chi connectivity index (χ0n) is 12.6. The molecular formula is C17H16N2O4. The highest BCUT2D eigenvalue weighted by Crippen LogP contribution is 2.34. The second kappa shape index (κ2) is 6.39. The maximum absolute atomic E-state index is 12.0. The van der Waals surface area contributed by atoms with Crippen LogP contribution in [0.2, 0.25) is 0 Å². The fourth-order valence-electron chi connectivity index (χ4n) is 2.21. The molecule has 0 fully saturated rings. The topological polar surface area (TPSA) is 76.7 Å². The van der Waals surface area contributed by atoms with Crippen molar-refractivity contribution in [2.24, 2.45) is 0 Å². The Hall–Kier alpha value is -3.02. The number of carbonyl (C=O) groups is 2. The van der Waals surface area contributed by atoms with Gasteiger partial charge in [-0.1, -0.05) is 12.1 Å². The number of Topliss-reactive ketones (excluding diaryl/α,β-unsaturated/α-hetero) is 1. The number of anilines is 2. The number of amides is 1. The van der Waals surface area contributed by atoms with Gasteiger partial charge in [0.15, 0.2) is 17.3 Å². The molecule has 0 saturated heterocycles. The van der Waals surface area contributed by atoms with Crippen molar-refractivity contribution < 1.29 is 19.1 Å². The lowest BCUT2D eigenvalue weighted by Gasteiger charge is -2.09. The van der Waals surface area contributed by atoms with Crippen molar-refractivity contribution in [2.75, 3.05) is 24.0 Å². The molecule has 1 aliphatic heterocycles. The monoisotopic (exact) mass is 312 g/mol. The third kappa shape index (κ3) is 3.60. The van der Waals surface area contributed by atoms with Crippen LogP contribution in [0.25, 0.3) is 0 Å². The minimum absolute atomic E-state index is 0.0153. The van der Waals surface area contributed by atoms with Crippen LogP contribution in [0.15, 0.2) is 42.5 Å². The molecule has 6 nitrogen and oxygen atoms in total. The minimum Gasteiger partial charge on any atom is -0.454 e. The van der Waals surface area contributed by atoms with Crippen molar-refractivity contribution in [3.63, 3.8) is 0 Å². The quantitative estimate of drug-likeness (QED) is 0.830. The Kier molecular flexibility index (Phi) is 4.14. The molecule has 1 aliphatic rings. The third-order valence-electron chi connectivity index (χ3n) is 3.38. The van der Waals surface area contributed by atoms with E-state index in [1.807, 2.05) is 0 Å². The summed E-state index contributed by atoms with van der Waals surface area (Å²) in [7, 11) is 0. The Morgan fingerprint density at radius 3 is 2.70 bits per heavy atom. The lowest BCUT2D eigenvalue weighted by atomic mass is 10.1. The fourth-order valence-corrected chi connectivity index (χ4v) is 2.21. The second-order valence-corrected chi connectivity index (χ2v) is 5.11. The van der Waals surface area contributed by atoms with Crippen LogP contribution in [0.3, 0.4) is 0 Å². The number of rotatable bonds is 5. The zero-order chi connectivity index (χ0) is 16.2. The van der Waals surface area contributed by atoms with E-state index in [1.165, 1.54) is 6.92 Å². The van der Waals surface area contributed by atoms with Gasteiger partial charge in [0, 0.05) is 23.0 Å². The first-order valence-electron chi connectivity index (χ1n) is 7.16. The van der Waals surface area contributed by atoms with E-state index in [0.717, 1.165) is 5.69 Å². The Morgan fingerprint density at radius 1 is 1.04 bits per heavy atom. The molecule has 23 heavy (non-hydrogen) atoms. The van der Waals surface area contributed by atoms with Gasteiger partial charge in [0.2, 0.25) is 12.7 Å². The van der Waals surface area contributed by atoms with Gasteiger partial charge in [0.05, 0.1) is 6.54 Å². The molecule has 2 aromatic rings. The molecule has 0 atom stereocenters. The average molecular weight is 312 g/mol. The molecule has 0 radical (unpaired) electrons. The smallest absolute Gasteiger partial charge is 0.243 e. The summed E-state index contributed by atoms with van der Waals surface area (Å²) in [6.45, 7) is 1.79. The summed E-state index contributed by atoms with van der Waals surface area (Å²) in [6, 6.07) is 12.3. The highest BCUT2D eigenvalue weighted by molar-refractivity contribution is 5.96. The van der Waals surface area contributed by atoms with Crippen molar-refractivity contribution in [3.05, 3.63) is 48.0 Å². The Bertz CT molecular complexity index is 758. The molecule has 118 valence electrons. The molecule has 2 aromatic carbocycles. The molecule has 1 heterocycles. The summed E-state index contributed by atoms with van der Waals surface area (Å²) in [6.07, 6.45) is 0. The first-order valence-corrected chi connectivity index (χ1v) is 7.16. The summed E-state index contributed by atoms with van der Waals surface area (Å²) in [5.74, 6) is 1.07. The standard InChI is InChI=1S/C17H16N2O4/c1-11(20)12-3-2-4-13(7-12)18-9-17(21)19-14-5-6-15-16(8-14)23-10-22-15/h2-8,18H,9-10H2,1H3,(H,19,21). The normalized spacial score (nSPS) is 11.9. The number of ketones is 1. The lowest BCUT2D eigenvalue weighted by molar-refractivity contribution is -0.114. The Balaban J connectivity index is 1.57. The molecule has 6 heteroatoms. The first kappa shape index (κ1) is 14.9. The van der Waals surface area contributed by atoms with Gasteiger partial charge in [0.25, 0.3) is 0 Å². The summed E-state index contributed by atoms with van der Waals surface area (Å²) >= 11 is 0. The predicted molar refractivity (Wildman–Crippen MR) is 86.1 cm³/mol. The molecule has 1 amide bonds. The van der Waals surface area contributed by atoms with E-state index in [1.54, 1.807) is 42.5 Å². The van der Waals surface area contributed by atoms with Gasteiger partial charge in [-0.15, -0.1) is 0 Å². The molecule has 3 rings (SSSR count). The van der Waals surface area contributed by atoms with Gasteiger partial charge < -0.3 is 20.1 Å². The fraction of sp³-hybridized carbons (Fsp3) is 0.176. The molecule has 0 bridgehead atoms. The van der Waals surface area contributed by atoms with Crippen LogP contribution in [-0.4, -0.2) is 25.0 Å². The van der Waals surface area contributed by atoms with Crippen LogP contribution in [0.5, 0.6) is 11.5 Å². The van der Waals surface area contributed by atoms with Crippen LogP contribution < -0.4 is 20.1 Å². The molecular weight excluding hydrogens is 296 g/mol. The first-order chi connectivity index (χ1) is 11.1. The van der Waals surface area contributed by atoms with Crippen LogP contribution >= 0.6 is 0 Å². The minimum atomic E-state index is -0.197. The summed E-state index contributed by atoms with van der Waals surface area (Å²) in [5, 5.41) is 5.77. The van der Waals surface area contributed by atoms with Crippen molar-refractivity contribution in [1.82, 2.24) is 0 Å². The number of hydrogen-bond acceptors (Lipinski definition) is 5. The lowest BCUT2D eigenvalue weighted by Crippen LogP contribution is -2.21. The van der Waals surface area contributed by atoms with E-state index in [-0.39, 0.29) is 25.0 Å². The average Bonchev–Trinajstić information content (AvgIpc) is 3.01. The van der Waals surface area contributed by atoms with Crippen molar-refractivity contribution in [2.45, 2.75) is 6.92 Å². The largest absolute Gasteiger partial charge is 0.454 e. The second-order valence-electron chi connectivity index (χ2n) is 5.11. The van der Waals surface area contributed by atoms with E-state index < -0.39 is 0 Å². The van der Waals surface area contributed by atoms with Gasteiger partial charge >= 0.3 is 0 Å². The van der Waals surface area contributed by atoms with Crippen LogP contribution in [0, 0.1) is 0 Å². The SMILES string of the molecule is CC(=O)c1cccc(NCC(=O)Nc2ccc3c(c2)OCO3)c1. The Morgan fingerprint density at radius 2 is 1.87 bits per heavy atom. The molecule has 0 aromatic heterocycles. The maximum atomic E-state index is 12.0. The summed E-state index contributed by atoms with van der Waals surface area (Å²) in [4.78, 5) is 23.3. The van der Waals surface area contributed by atoms with Gasteiger partial charge in [-0.05, 0) is 31.2 Å². The Labute approximate surface area is 133 Å². The molecule has 0 saturated carbocycles. The van der Waals surface area contributed by atoms with E-state index >= 15 is 0 Å². The van der Waals surface area contributed by atoms with Crippen LogP contribution in [-0.2, 0) is 4.79 Å². The van der Waals surface area contributed by atoms with Gasteiger partial charge in [-0.25, -0.2) is 0 Å². The molecule has 0 unspecified atom stereocenters. The number of nitrogens with one attached hydrogen (secondary N) is 2. The number of benzene rings is 2. The van der Waals surface area contributed by atoms with Gasteiger partial charge in [0.1, 0.15) is 0 Å². The number of hydrogen-bond donors (Lipinski definition) is 2. The van der Waals surface area contributed by atoms with Gasteiger partial charge in [-0.2, -0.15) is 0 Å². The van der Waals surface area contributed by atoms with E-state index in [2.05, 4.69) is 10.6 Å². The van der Waals surface area contributed by atoms with Gasteiger partial charge in [-0.3, -0.25) is 9.59 Å². The predicted octanol–water partition coefficient (Wildman–Crippen LogP) is 2.67. The summed E-state index contributed by atoms with van der Waals surface area (Å²) in [5.41, 5.74) is 1.96. The highest BCUT2D eigenvalue weighted by atomic mass is 16.7. The van der Waals surface area contributed by atoms with Crippen molar-refractivity contribution in [3.8, 4) is 11.5 Å². The number of fused-ring (bicyclic) bond motifs is 1. The maximum Gasteiger partial charge on any atom is 0.243 e. The molecule has 0 spiro atoms. The molecule has 0 aliphatic carbocycles. The van der Waals surface area contributed by atoms with E-state index in [9.17, 15) is 9.59 Å². The number of carbonyl (C=O) groups excluding carboxylic acids is 2. The third-order valence-corrected chi connectivity index (χ3v) is 3.38. The van der Waals surface area contributed by atoms with Crippen molar-refractivity contribution >= 4 is 23.1 Å².